The number of hydrogen-bond donors (Lipinski definition) is 1. The summed E-state index contributed by atoms with van der Waals surface area (Å²) in [5.74, 6) is -0.323. The van der Waals surface area contributed by atoms with Gasteiger partial charge in [0.2, 0.25) is 0 Å². The third-order valence-corrected chi connectivity index (χ3v) is 3.92. The van der Waals surface area contributed by atoms with Crippen molar-refractivity contribution >= 4 is 11.6 Å². The first-order valence-corrected chi connectivity index (χ1v) is 6.91. The van der Waals surface area contributed by atoms with E-state index in [1.54, 1.807) is 30.8 Å². The van der Waals surface area contributed by atoms with Gasteiger partial charge in [-0.3, -0.25) is 4.68 Å². The molecular formula is C15H18ClFN2O. The van der Waals surface area contributed by atoms with Crippen LogP contribution in [0.4, 0.5) is 4.39 Å². The van der Waals surface area contributed by atoms with Crippen molar-refractivity contribution < 1.29 is 9.50 Å². The normalized spacial score (nSPS) is 14.3. The molecule has 5 heteroatoms. The highest BCUT2D eigenvalue weighted by atomic mass is 35.5. The summed E-state index contributed by atoms with van der Waals surface area (Å²) in [4.78, 5) is 0. The second-order valence-corrected chi connectivity index (χ2v) is 5.52. The maximum atomic E-state index is 13.0. The Balaban J connectivity index is 2.32. The number of hydrogen-bond acceptors (Lipinski definition) is 2. The molecule has 2 rings (SSSR count). The van der Waals surface area contributed by atoms with Crippen LogP contribution in [0.5, 0.6) is 0 Å². The Kier molecular flexibility index (Phi) is 4.16. The topological polar surface area (TPSA) is 38.0 Å². The van der Waals surface area contributed by atoms with Gasteiger partial charge in [0.05, 0.1) is 22.0 Å². The van der Waals surface area contributed by atoms with Crippen molar-refractivity contribution in [1.29, 1.82) is 0 Å². The van der Waals surface area contributed by atoms with Crippen LogP contribution in [-0.2, 0) is 25.5 Å². The van der Waals surface area contributed by atoms with Gasteiger partial charge in [-0.05, 0) is 31.0 Å². The molecule has 1 N–H and O–H groups in total. The van der Waals surface area contributed by atoms with Gasteiger partial charge in [-0.2, -0.15) is 5.10 Å². The zero-order chi connectivity index (χ0) is 14.9. The van der Waals surface area contributed by atoms with Crippen molar-refractivity contribution in [2.75, 3.05) is 0 Å². The van der Waals surface area contributed by atoms with Crippen molar-refractivity contribution in [2.24, 2.45) is 7.05 Å². The number of rotatable bonds is 4. The summed E-state index contributed by atoms with van der Waals surface area (Å²) in [5, 5.41) is 15.6. The lowest BCUT2D eigenvalue weighted by molar-refractivity contribution is 0.0555. The lowest BCUT2D eigenvalue weighted by Crippen LogP contribution is -2.25. The van der Waals surface area contributed by atoms with Crippen molar-refractivity contribution in [2.45, 2.75) is 32.3 Å². The number of aliphatic hydroxyl groups is 1. The molecular weight excluding hydrogens is 279 g/mol. The second kappa shape index (κ2) is 5.54. The van der Waals surface area contributed by atoms with Gasteiger partial charge in [0.15, 0.2) is 0 Å². The molecule has 0 radical (unpaired) electrons. The van der Waals surface area contributed by atoms with E-state index in [-0.39, 0.29) is 5.82 Å². The minimum absolute atomic E-state index is 0.320. The lowest BCUT2D eigenvalue weighted by Gasteiger charge is -2.24. The minimum Gasteiger partial charge on any atom is -0.385 e. The van der Waals surface area contributed by atoms with Crippen LogP contribution in [0.1, 0.15) is 30.8 Å². The lowest BCUT2D eigenvalue weighted by atomic mass is 9.91. The van der Waals surface area contributed by atoms with Crippen molar-refractivity contribution in [3.63, 3.8) is 0 Å². The average Bonchev–Trinajstić information content (AvgIpc) is 2.66. The van der Waals surface area contributed by atoms with Crippen LogP contribution in [0.25, 0.3) is 0 Å². The highest BCUT2D eigenvalue weighted by Crippen LogP contribution is 2.30. The fourth-order valence-electron chi connectivity index (χ4n) is 2.25. The number of nitrogens with zero attached hydrogens (tertiary/aromatic N) is 2. The first-order chi connectivity index (χ1) is 9.35. The largest absolute Gasteiger partial charge is 0.385 e. The Morgan fingerprint density at radius 2 is 1.95 bits per heavy atom. The van der Waals surface area contributed by atoms with E-state index in [0.29, 0.717) is 17.0 Å². The molecule has 0 aliphatic carbocycles. The van der Waals surface area contributed by atoms with E-state index in [4.69, 9.17) is 11.6 Å². The number of halogens is 2. The van der Waals surface area contributed by atoms with E-state index < -0.39 is 5.60 Å². The standard InChI is InChI=1S/C15H18ClFN2O/c1-4-12-14(16)13(19(3)18-12)9-15(2,20)10-5-7-11(17)8-6-10/h5-8,20H,4,9H2,1-3H3. The third-order valence-electron chi connectivity index (χ3n) is 3.48. The molecule has 1 unspecified atom stereocenters. The Morgan fingerprint density at radius 3 is 2.45 bits per heavy atom. The van der Waals surface area contributed by atoms with E-state index in [1.165, 1.54) is 12.1 Å². The monoisotopic (exact) mass is 296 g/mol. The van der Waals surface area contributed by atoms with Crippen LogP contribution in [0.3, 0.4) is 0 Å². The summed E-state index contributed by atoms with van der Waals surface area (Å²) < 4.78 is 14.7. The summed E-state index contributed by atoms with van der Waals surface area (Å²) in [6.45, 7) is 3.67. The third kappa shape index (κ3) is 2.86. The predicted molar refractivity (Wildman–Crippen MR) is 77.3 cm³/mol. The van der Waals surface area contributed by atoms with E-state index >= 15 is 0 Å². The van der Waals surface area contributed by atoms with Crippen LogP contribution < -0.4 is 0 Å². The average molecular weight is 297 g/mol. The van der Waals surface area contributed by atoms with Crippen molar-refractivity contribution in [3.8, 4) is 0 Å². The molecule has 1 heterocycles. The molecule has 0 aliphatic heterocycles. The van der Waals surface area contributed by atoms with Gasteiger partial charge < -0.3 is 5.11 Å². The van der Waals surface area contributed by atoms with Gasteiger partial charge in [-0.1, -0.05) is 30.7 Å². The zero-order valence-corrected chi connectivity index (χ0v) is 12.6. The summed E-state index contributed by atoms with van der Waals surface area (Å²) in [5.41, 5.74) is 1.11. The van der Waals surface area contributed by atoms with Gasteiger partial charge >= 0.3 is 0 Å². The van der Waals surface area contributed by atoms with Crippen LogP contribution in [-0.4, -0.2) is 14.9 Å². The Bertz CT molecular complexity index is 605. The van der Waals surface area contributed by atoms with Crippen molar-refractivity contribution in [3.05, 3.63) is 52.1 Å². The molecule has 3 nitrogen and oxygen atoms in total. The van der Waals surface area contributed by atoms with E-state index in [1.807, 2.05) is 6.92 Å². The van der Waals surface area contributed by atoms with E-state index in [2.05, 4.69) is 5.10 Å². The molecule has 1 aromatic carbocycles. The highest BCUT2D eigenvalue weighted by Gasteiger charge is 2.27. The maximum absolute atomic E-state index is 13.0. The number of aromatic nitrogens is 2. The Hall–Kier alpha value is -1.39. The maximum Gasteiger partial charge on any atom is 0.123 e. The molecule has 0 bridgehead atoms. The molecule has 0 amide bonds. The van der Waals surface area contributed by atoms with Crippen LogP contribution >= 0.6 is 11.6 Å². The molecule has 0 spiro atoms. The summed E-state index contributed by atoms with van der Waals surface area (Å²) >= 11 is 6.29. The molecule has 0 saturated heterocycles. The summed E-state index contributed by atoms with van der Waals surface area (Å²) in [6, 6.07) is 5.85. The summed E-state index contributed by atoms with van der Waals surface area (Å²) in [7, 11) is 1.81. The molecule has 0 aliphatic rings. The number of aryl methyl sites for hydroxylation is 2. The molecule has 0 fully saturated rings. The molecule has 1 aromatic heterocycles. The van der Waals surface area contributed by atoms with Crippen LogP contribution in [0, 0.1) is 5.82 Å². The van der Waals surface area contributed by atoms with Gasteiger partial charge in [-0.25, -0.2) is 4.39 Å². The van der Waals surface area contributed by atoms with Gasteiger partial charge in [0.25, 0.3) is 0 Å². The van der Waals surface area contributed by atoms with Gasteiger partial charge in [0, 0.05) is 13.5 Å². The quantitative estimate of drug-likeness (QED) is 0.941. The molecule has 1 atom stereocenters. The fraction of sp³-hybridized carbons (Fsp3) is 0.400. The number of benzene rings is 1. The smallest absolute Gasteiger partial charge is 0.123 e. The van der Waals surface area contributed by atoms with Gasteiger partial charge in [0.1, 0.15) is 5.82 Å². The predicted octanol–water partition coefficient (Wildman–Crippen LogP) is 3.23. The van der Waals surface area contributed by atoms with E-state index in [9.17, 15) is 9.50 Å². The van der Waals surface area contributed by atoms with Crippen molar-refractivity contribution in [1.82, 2.24) is 9.78 Å². The molecule has 0 saturated carbocycles. The summed E-state index contributed by atoms with van der Waals surface area (Å²) in [6.07, 6.45) is 1.06. The fourth-order valence-corrected chi connectivity index (χ4v) is 2.61. The Labute approximate surface area is 123 Å². The second-order valence-electron chi connectivity index (χ2n) is 5.14. The first kappa shape index (κ1) is 15.0. The molecule has 2 aromatic rings. The van der Waals surface area contributed by atoms with E-state index in [0.717, 1.165) is 17.8 Å². The van der Waals surface area contributed by atoms with Crippen LogP contribution in [0.15, 0.2) is 24.3 Å². The first-order valence-electron chi connectivity index (χ1n) is 6.54. The molecule has 20 heavy (non-hydrogen) atoms. The highest BCUT2D eigenvalue weighted by molar-refractivity contribution is 6.31. The zero-order valence-electron chi connectivity index (χ0n) is 11.8. The molecule has 108 valence electrons. The SMILES string of the molecule is CCc1nn(C)c(CC(C)(O)c2ccc(F)cc2)c1Cl. The Morgan fingerprint density at radius 1 is 1.35 bits per heavy atom. The van der Waals surface area contributed by atoms with Crippen LogP contribution in [0.2, 0.25) is 5.02 Å². The van der Waals surface area contributed by atoms with Gasteiger partial charge in [-0.15, -0.1) is 0 Å². The minimum atomic E-state index is -1.13.